The zero-order chi connectivity index (χ0) is 29.3. The molecular weight excluding hydrogens is 556 g/mol. The van der Waals surface area contributed by atoms with Gasteiger partial charge >= 0.3 is 11.9 Å². The number of nitrogens with two attached hydrogens (primary N) is 1. The van der Waals surface area contributed by atoms with Crippen LogP contribution in [0.2, 0.25) is 0 Å². The third-order valence-electron chi connectivity index (χ3n) is 5.72. The second kappa shape index (κ2) is 14.0. The van der Waals surface area contributed by atoms with Crippen LogP contribution in [0.15, 0.2) is 87.7 Å². The molecular formula is C28H30N2O8S2. The van der Waals surface area contributed by atoms with Crippen molar-refractivity contribution in [1.29, 1.82) is 0 Å². The van der Waals surface area contributed by atoms with E-state index in [1.807, 2.05) is 54.1 Å². The van der Waals surface area contributed by atoms with Crippen molar-refractivity contribution in [1.82, 2.24) is 4.90 Å². The van der Waals surface area contributed by atoms with Crippen molar-refractivity contribution in [3.8, 4) is 0 Å². The van der Waals surface area contributed by atoms with E-state index in [4.69, 9.17) is 19.8 Å². The number of nitrogens with zero attached hydrogens (tertiary/aromatic N) is 1. The zero-order valence-corrected chi connectivity index (χ0v) is 23.6. The number of benzene rings is 2. The average Bonchev–Trinajstić information content (AvgIpc) is 3.43. The van der Waals surface area contributed by atoms with E-state index in [2.05, 4.69) is 0 Å². The van der Waals surface area contributed by atoms with Crippen molar-refractivity contribution >= 4 is 39.3 Å². The van der Waals surface area contributed by atoms with E-state index < -0.39 is 28.1 Å². The normalized spacial score (nSPS) is 15.2. The number of amides is 1. The summed E-state index contributed by atoms with van der Waals surface area (Å²) < 4.78 is 40.2. The second-order valence-corrected chi connectivity index (χ2v) is 11.3. The molecule has 1 aliphatic rings. The lowest BCUT2D eigenvalue weighted by molar-refractivity contribution is -0.152. The Balaban J connectivity index is 0.000000336. The number of β-lactam (4-membered cyclic amide) rings is 1. The molecule has 2 heterocycles. The lowest BCUT2D eigenvalue weighted by Gasteiger charge is -2.36. The molecule has 0 bridgehead atoms. The summed E-state index contributed by atoms with van der Waals surface area (Å²) in [7, 11) is -4.02. The van der Waals surface area contributed by atoms with E-state index in [1.165, 1.54) is 28.4 Å². The number of carbonyl (C=O) groups is 3. The molecule has 3 N–H and O–H groups in total. The van der Waals surface area contributed by atoms with E-state index >= 15 is 0 Å². The van der Waals surface area contributed by atoms with Gasteiger partial charge in [-0.2, -0.15) is 19.8 Å². The number of esters is 2. The standard InChI is InChI=1S/C21H22N2O5S.C7H8O3S/c1-14(10-23-11-17(22)20(23)25)19(28-18(24)9-16-7-8-29-13-16)21(26)27-12-15-5-3-2-4-6-15;1-6-2-4-7(5-3-6)11(8,9)10/h2-8,13,17H,9-12,22H2,1H3;2-5H,1H3,(H,8,9,10)/t17-;/m0./s1. The van der Waals surface area contributed by atoms with Crippen LogP contribution in [0.3, 0.4) is 0 Å². The third-order valence-corrected chi connectivity index (χ3v) is 7.32. The molecule has 3 aromatic rings. The number of carbonyl (C=O) groups excluding carboxylic acids is 3. The van der Waals surface area contributed by atoms with Crippen LogP contribution < -0.4 is 5.73 Å². The number of hydrogen-bond acceptors (Lipinski definition) is 9. The molecule has 40 heavy (non-hydrogen) atoms. The predicted octanol–water partition coefficient (Wildman–Crippen LogP) is 3.26. The van der Waals surface area contributed by atoms with E-state index in [1.54, 1.807) is 19.1 Å². The van der Waals surface area contributed by atoms with Gasteiger partial charge in [-0.15, -0.1) is 0 Å². The maximum absolute atomic E-state index is 12.6. The number of aryl methyl sites for hydroxylation is 1. The summed E-state index contributed by atoms with van der Waals surface area (Å²) in [6.45, 7) is 4.06. The van der Waals surface area contributed by atoms with Crippen molar-refractivity contribution in [2.24, 2.45) is 5.73 Å². The maximum Gasteiger partial charge on any atom is 0.374 e. The van der Waals surface area contributed by atoms with Crippen molar-refractivity contribution in [3.63, 3.8) is 0 Å². The van der Waals surface area contributed by atoms with Crippen LogP contribution in [0.25, 0.3) is 0 Å². The first-order chi connectivity index (χ1) is 18.9. The summed E-state index contributed by atoms with van der Waals surface area (Å²) >= 11 is 1.47. The van der Waals surface area contributed by atoms with Gasteiger partial charge in [0.15, 0.2) is 0 Å². The highest BCUT2D eigenvalue weighted by molar-refractivity contribution is 7.85. The highest BCUT2D eigenvalue weighted by atomic mass is 32.2. The Hall–Kier alpha value is -3.84. The quantitative estimate of drug-likeness (QED) is 0.126. The van der Waals surface area contributed by atoms with Gasteiger partial charge in [0, 0.05) is 13.1 Å². The average molecular weight is 587 g/mol. The topological polar surface area (TPSA) is 153 Å². The van der Waals surface area contributed by atoms with Crippen LogP contribution in [0.5, 0.6) is 0 Å². The smallest absolute Gasteiger partial charge is 0.374 e. The summed E-state index contributed by atoms with van der Waals surface area (Å²) in [6, 6.07) is 16.5. The largest absolute Gasteiger partial charge is 0.455 e. The number of ether oxygens (including phenoxy) is 2. The van der Waals surface area contributed by atoms with E-state index in [-0.39, 0.29) is 36.1 Å². The van der Waals surface area contributed by atoms with Crippen molar-refractivity contribution < 1.29 is 36.8 Å². The maximum atomic E-state index is 12.6. The van der Waals surface area contributed by atoms with Crippen molar-refractivity contribution in [2.75, 3.05) is 13.1 Å². The summed E-state index contributed by atoms with van der Waals surface area (Å²) in [5.41, 5.74) is 8.61. The molecule has 1 amide bonds. The minimum atomic E-state index is -4.02. The highest BCUT2D eigenvalue weighted by Gasteiger charge is 2.34. The lowest BCUT2D eigenvalue weighted by Crippen LogP contribution is -2.61. The molecule has 0 aliphatic carbocycles. The highest BCUT2D eigenvalue weighted by Crippen LogP contribution is 2.18. The third kappa shape index (κ3) is 9.12. The Morgan fingerprint density at radius 1 is 1.07 bits per heavy atom. The summed E-state index contributed by atoms with van der Waals surface area (Å²) in [5, 5.41) is 3.70. The number of rotatable bonds is 9. The molecule has 0 unspecified atom stereocenters. The molecule has 0 saturated carbocycles. The molecule has 4 rings (SSSR count). The number of hydrogen-bond donors (Lipinski definition) is 2. The van der Waals surface area contributed by atoms with Crippen LogP contribution in [0, 0.1) is 6.92 Å². The summed E-state index contributed by atoms with van der Waals surface area (Å²) in [5.74, 6) is -1.70. The summed E-state index contributed by atoms with van der Waals surface area (Å²) in [6.07, 6.45) is 0.0414. The minimum Gasteiger partial charge on any atom is -0.455 e. The Bertz CT molecular complexity index is 1450. The van der Waals surface area contributed by atoms with Gasteiger partial charge in [-0.3, -0.25) is 14.1 Å². The van der Waals surface area contributed by atoms with Crippen LogP contribution in [0.1, 0.15) is 23.6 Å². The molecule has 2 aromatic carbocycles. The molecule has 212 valence electrons. The monoisotopic (exact) mass is 586 g/mol. The zero-order valence-electron chi connectivity index (χ0n) is 22.0. The van der Waals surface area contributed by atoms with E-state index in [0.29, 0.717) is 12.1 Å². The summed E-state index contributed by atoms with van der Waals surface area (Å²) in [4.78, 5) is 38.2. The molecule has 10 nitrogen and oxygen atoms in total. The van der Waals surface area contributed by atoms with Gasteiger partial charge in [0.05, 0.1) is 11.3 Å². The molecule has 1 aliphatic heterocycles. The Morgan fingerprint density at radius 2 is 1.75 bits per heavy atom. The first kappa shape index (κ1) is 30.7. The second-order valence-electron chi connectivity index (χ2n) is 9.07. The van der Waals surface area contributed by atoms with Gasteiger partial charge in [-0.1, -0.05) is 48.0 Å². The van der Waals surface area contributed by atoms with Crippen LogP contribution >= 0.6 is 11.3 Å². The van der Waals surface area contributed by atoms with Crippen molar-refractivity contribution in [3.05, 3.63) is 99.4 Å². The van der Waals surface area contributed by atoms with Crippen LogP contribution in [-0.4, -0.2) is 54.8 Å². The van der Waals surface area contributed by atoms with Gasteiger partial charge in [0.25, 0.3) is 10.1 Å². The molecule has 1 saturated heterocycles. The van der Waals surface area contributed by atoms with Gasteiger partial charge in [-0.05, 0) is 59.5 Å². The first-order valence-corrected chi connectivity index (χ1v) is 14.5. The van der Waals surface area contributed by atoms with E-state index in [9.17, 15) is 22.8 Å². The molecule has 0 spiro atoms. The molecule has 12 heteroatoms. The fraction of sp³-hybridized carbons (Fsp3) is 0.250. The Kier molecular flexibility index (Phi) is 10.7. The Morgan fingerprint density at radius 3 is 2.30 bits per heavy atom. The number of likely N-dealkylation sites (tertiary alicyclic amines) is 1. The molecule has 0 radical (unpaired) electrons. The first-order valence-electron chi connectivity index (χ1n) is 12.1. The lowest BCUT2D eigenvalue weighted by atomic mass is 10.1. The van der Waals surface area contributed by atoms with Gasteiger partial charge in [0.1, 0.15) is 12.6 Å². The van der Waals surface area contributed by atoms with Gasteiger partial charge < -0.3 is 20.1 Å². The fourth-order valence-corrected chi connectivity index (χ4v) is 4.69. The van der Waals surface area contributed by atoms with E-state index in [0.717, 1.165) is 16.7 Å². The van der Waals surface area contributed by atoms with Crippen molar-refractivity contribution in [2.45, 2.75) is 37.8 Å². The fourth-order valence-electron chi connectivity index (χ4n) is 3.54. The molecule has 1 atom stereocenters. The predicted molar refractivity (Wildman–Crippen MR) is 149 cm³/mol. The molecule has 1 aromatic heterocycles. The Labute approximate surface area is 236 Å². The van der Waals surface area contributed by atoms with Crippen LogP contribution in [-0.2, 0) is 47.0 Å². The SMILES string of the molecule is CC(CN1C[C@H](N)C1=O)=C(OC(=O)Cc1ccsc1)C(=O)OCc1ccccc1.Cc1ccc(S(=O)(=O)O)cc1. The van der Waals surface area contributed by atoms with Crippen LogP contribution in [0.4, 0.5) is 0 Å². The minimum absolute atomic E-state index is 0.0414. The van der Waals surface area contributed by atoms with Gasteiger partial charge in [-0.25, -0.2) is 4.79 Å². The molecule has 1 fully saturated rings. The van der Waals surface area contributed by atoms with Gasteiger partial charge in [0.2, 0.25) is 11.7 Å². The number of thiophene rings is 1.